The van der Waals surface area contributed by atoms with Crippen LogP contribution in [0.4, 0.5) is 0 Å². The van der Waals surface area contributed by atoms with Gasteiger partial charge in [-0.3, -0.25) is 19.2 Å². The average molecular weight is 511 g/mol. The maximum absolute atomic E-state index is 13.0. The second-order valence-corrected chi connectivity index (χ2v) is 9.35. The molecule has 1 aromatic carbocycles. The van der Waals surface area contributed by atoms with E-state index in [2.05, 4.69) is 16.0 Å². The quantitative estimate of drug-likeness (QED) is 0.188. The Labute approximate surface area is 208 Å². The fourth-order valence-electron chi connectivity index (χ4n) is 3.17. The van der Waals surface area contributed by atoms with Crippen molar-refractivity contribution in [3.8, 4) is 0 Å². The van der Waals surface area contributed by atoms with E-state index < -0.39 is 60.2 Å². The van der Waals surface area contributed by atoms with Gasteiger partial charge >= 0.3 is 11.9 Å². The molecular weight excluding hydrogens is 476 g/mol. The molecular formula is C23H34N4O7S. The molecule has 4 atom stereocenters. The van der Waals surface area contributed by atoms with Gasteiger partial charge < -0.3 is 31.9 Å². The molecule has 0 aliphatic heterocycles. The highest BCUT2D eigenvalue weighted by atomic mass is 32.2. The molecule has 194 valence electrons. The molecule has 0 aliphatic rings. The molecule has 11 nitrogen and oxygen atoms in total. The van der Waals surface area contributed by atoms with Crippen LogP contribution in [0, 0.1) is 5.92 Å². The first-order chi connectivity index (χ1) is 16.5. The van der Waals surface area contributed by atoms with Gasteiger partial charge in [0.2, 0.25) is 17.7 Å². The van der Waals surface area contributed by atoms with Crippen LogP contribution in [-0.4, -0.2) is 76.0 Å². The standard InChI is InChI=1S/C23H34N4O7S/c1-13(2)19(27-20(30)15(24)11-14-7-5-4-6-8-14)22(32)25-16(9-10-35-3)21(31)26-17(23(33)34)12-18(28)29/h4-8,13,15-17,19H,9-12,24H2,1-3H3,(H,25,32)(H,26,31)(H,27,30)(H,28,29)(H,33,34). The molecule has 12 heteroatoms. The van der Waals surface area contributed by atoms with E-state index in [1.807, 2.05) is 30.3 Å². The number of hydrogen-bond acceptors (Lipinski definition) is 7. The fraction of sp³-hybridized carbons (Fsp3) is 0.522. The molecule has 0 spiro atoms. The molecule has 0 bridgehead atoms. The van der Waals surface area contributed by atoms with Gasteiger partial charge in [-0.1, -0.05) is 44.2 Å². The van der Waals surface area contributed by atoms with Crippen LogP contribution in [0.25, 0.3) is 0 Å². The molecule has 0 saturated heterocycles. The van der Waals surface area contributed by atoms with Crippen molar-refractivity contribution in [3.05, 3.63) is 35.9 Å². The zero-order valence-electron chi connectivity index (χ0n) is 20.0. The number of nitrogens with two attached hydrogens (primary N) is 1. The molecule has 0 fully saturated rings. The van der Waals surface area contributed by atoms with Crippen molar-refractivity contribution in [3.63, 3.8) is 0 Å². The van der Waals surface area contributed by atoms with Crippen LogP contribution >= 0.6 is 11.8 Å². The highest BCUT2D eigenvalue weighted by Crippen LogP contribution is 2.08. The van der Waals surface area contributed by atoms with Gasteiger partial charge in [-0.25, -0.2) is 4.79 Å². The maximum Gasteiger partial charge on any atom is 0.326 e. The summed E-state index contributed by atoms with van der Waals surface area (Å²) in [5.74, 6) is -4.75. The molecule has 0 saturated carbocycles. The summed E-state index contributed by atoms with van der Waals surface area (Å²) in [6.45, 7) is 3.44. The highest BCUT2D eigenvalue weighted by molar-refractivity contribution is 7.98. The Hall–Kier alpha value is -3.12. The molecule has 35 heavy (non-hydrogen) atoms. The zero-order valence-corrected chi connectivity index (χ0v) is 20.8. The lowest BCUT2D eigenvalue weighted by Crippen LogP contribution is -2.58. The van der Waals surface area contributed by atoms with E-state index in [1.165, 1.54) is 11.8 Å². The third kappa shape index (κ3) is 10.8. The van der Waals surface area contributed by atoms with E-state index >= 15 is 0 Å². The SMILES string of the molecule is CSCCC(NC(=O)C(NC(=O)C(N)Cc1ccccc1)C(C)C)C(=O)NC(CC(=O)O)C(=O)O. The smallest absolute Gasteiger partial charge is 0.326 e. The maximum atomic E-state index is 13.0. The minimum atomic E-state index is -1.65. The van der Waals surface area contributed by atoms with Crippen LogP contribution in [-0.2, 0) is 30.4 Å². The number of amides is 3. The molecule has 7 N–H and O–H groups in total. The summed E-state index contributed by atoms with van der Waals surface area (Å²) in [5, 5.41) is 25.5. The lowest BCUT2D eigenvalue weighted by molar-refractivity contribution is -0.147. The molecule has 1 rings (SSSR count). The van der Waals surface area contributed by atoms with Crippen molar-refractivity contribution in [2.45, 2.75) is 57.3 Å². The van der Waals surface area contributed by atoms with Crippen LogP contribution in [0.3, 0.4) is 0 Å². The van der Waals surface area contributed by atoms with E-state index in [0.29, 0.717) is 5.75 Å². The van der Waals surface area contributed by atoms with E-state index in [4.69, 9.17) is 10.8 Å². The van der Waals surface area contributed by atoms with Crippen molar-refractivity contribution in [1.82, 2.24) is 16.0 Å². The van der Waals surface area contributed by atoms with Gasteiger partial charge in [-0.15, -0.1) is 0 Å². The number of rotatable bonds is 15. The highest BCUT2D eigenvalue weighted by Gasteiger charge is 2.32. The normalized spacial score (nSPS) is 14.3. The van der Waals surface area contributed by atoms with Gasteiger partial charge in [0.1, 0.15) is 18.1 Å². The average Bonchev–Trinajstić information content (AvgIpc) is 2.79. The Morgan fingerprint density at radius 2 is 1.51 bits per heavy atom. The third-order valence-electron chi connectivity index (χ3n) is 5.12. The van der Waals surface area contributed by atoms with Gasteiger partial charge in [-0.2, -0.15) is 11.8 Å². The Morgan fingerprint density at radius 1 is 0.914 bits per heavy atom. The van der Waals surface area contributed by atoms with Crippen LogP contribution < -0.4 is 21.7 Å². The molecule has 1 aromatic rings. The van der Waals surface area contributed by atoms with Crippen molar-refractivity contribution >= 4 is 41.4 Å². The lowest BCUT2D eigenvalue weighted by atomic mass is 10.0. The van der Waals surface area contributed by atoms with Gasteiger partial charge in [0.25, 0.3) is 0 Å². The first kappa shape index (κ1) is 29.9. The summed E-state index contributed by atoms with van der Waals surface area (Å²) in [5.41, 5.74) is 6.89. The first-order valence-electron chi connectivity index (χ1n) is 11.1. The van der Waals surface area contributed by atoms with Crippen molar-refractivity contribution < 1.29 is 34.2 Å². The summed E-state index contributed by atoms with van der Waals surface area (Å²) in [6, 6.07) is 4.51. The summed E-state index contributed by atoms with van der Waals surface area (Å²) in [6.07, 6.45) is 1.43. The van der Waals surface area contributed by atoms with Crippen LogP contribution in [0.2, 0.25) is 0 Å². The number of carboxylic acids is 2. The molecule has 0 aliphatic carbocycles. The second-order valence-electron chi connectivity index (χ2n) is 8.37. The summed E-state index contributed by atoms with van der Waals surface area (Å²) in [7, 11) is 0. The topological polar surface area (TPSA) is 188 Å². The predicted octanol–water partition coefficient (Wildman–Crippen LogP) is -0.0208. The molecule has 0 radical (unpaired) electrons. The van der Waals surface area contributed by atoms with E-state index in [0.717, 1.165) is 5.56 Å². The number of carbonyl (C=O) groups is 5. The Balaban J connectivity index is 2.90. The minimum Gasteiger partial charge on any atom is -0.481 e. The van der Waals surface area contributed by atoms with E-state index in [1.54, 1.807) is 20.1 Å². The van der Waals surface area contributed by atoms with Gasteiger partial charge in [0.15, 0.2) is 0 Å². The molecule has 0 heterocycles. The Morgan fingerprint density at radius 3 is 2.03 bits per heavy atom. The second kappa shape index (κ2) is 15.0. The zero-order chi connectivity index (χ0) is 26.5. The number of benzene rings is 1. The third-order valence-corrected chi connectivity index (χ3v) is 5.76. The molecule has 4 unspecified atom stereocenters. The monoisotopic (exact) mass is 510 g/mol. The number of carboxylic acid groups (broad SMARTS) is 2. The Bertz CT molecular complexity index is 882. The predicted molar refractivity (Wildman–Crippen MR) is 132 cm³/mol. The van der Waals surface area contributed by atoms with Crippen molar-refractivity contribution in [1.29, 1.82) is 0 Å². The lowest BCUT2D eigenvalue weighted by Gasteiger charge is -2.27. The number of thioether (sulfide) groups is 1. The summed E-state index contributed by atoms with van der Waals surface area (Å²) >= 11 is 1.41. The van der Waals surface area contributed by atoms with Gasteiger partial charge in [0, 0.05) is 0 Å². The Kier molecular flexibility index (Phi) is 12.8. The van der Waals surface area contributed by atoms with E-state index in [-0.39, 0.29) is 18.8 Å². The number of hydrogen-bond donors (Lipinski definition) is 6. The molecule has 0 aromatic heterocycles. The summed E-state index contributed by atoms with van der Waals surface area (Å²) in [4.78, 5) is 60.6. The van der Waals surface area contributed by atoms with Crippen LogP contribution in [0.15, 0.2) is 30.3 Å². The number of carbonyl (C=O) groups excluding carboxylic acids is 3. The van der Waals surface area contributed by atoms with Crippen LogP contribution in [0.5, 0.6) is 0 Å². The summed E-state index contributed by atoms with van der Waals surface area (Å²) < 4.78 is 0. The minimum absolute atomic E-state index is 0.171. The fourth-order valence-corrected chi connectivity index (χ4v) is 3.64. The molecule has 3 amide bonds. The first-order valence-corrected chi connectivity index (χ1v) is 12.5. The largest absolute Gasteiger partial charge is 0.481 e. The number of nitrogens with one attached hydrogen (secondary N) is 3. The van der Waals surface area contributed by atoms with Crippen molar-refractivity contribution in [2.24, 2.45) is 11.7 Å². The number of aliphatic carboxylic acids is 2. The van der Waals surface area contributed by atoms with Crippen molar-refractivity contribution in [2.75, 3.05) is 12.0 Å². The van der Waals surface area contributed by atoms with E-state index in [9.17, 15) is 29.1 Å². The van der Waals surface area contributed by atoms with Crippen LogP contribution in [0.1, 0.15) is 32.3 Å². The van der Waals surface area contributed by atoms with Gasteiger partial charge in [-0.05, 0) is 36.3 Å². The van der Waals surface area contributed by atoms with Gasteiger partial charge in [0.05, 0.1) is 12.5 Å².